The van der Waals surface area contributed by atoms with Crippen LogP contribution in [-0.4, -0.2) is 0 Å². The van der Waals surface area contributed by atoms with Crippen molar-refractivity contribution < 1.29 is 0 Å². The number of benzene rings is 1. The second kappa shape index (κ2) is 3.77. The topological polar surface area (TPSA) is 3.24 Å². The second-order valence-corrected chi connectivity index (χ2v) is 2.56. The van der Waals surface area contributed by atoms with Crippen LogP contribution in [0, 0.1) is 6.92 Å². The molecule has 62 valence electrons. The Morgan fingerprint density at radius 3 is 2.25 bits per heavy atom. The number of nitrogens with zero attached hydrogens (tertiary/aromatic N) is 1. The highest BCUT2D eigenvalue weighted by atomic mass is 15.1. The summed E-state index contributed by atoms with van der Waals surface area (Å²) in [6, 6.07) is 8.12. The Kier molecular flexibility index (Phi) is 2.70. The van der Waals surface area contributed by atoms with Gasteiger partial charge in [-0.05, 0) is 18.6 Å². The van der Waals surface area contributed by atoms with Gasteiger partial charge in [-0.1, -0.05) is 31.4 Å². The summed E-state index contributed by atoms with van der Waals surface area (Å²) in [4.78, 5) is 1.90. The maximum absolute atomic E-state index is 3.70. The average Bonchev–Trinajstić information content (AvgIpc) is 2.10. The molecule has 0 aliphatic rings. The Hall–Kier alpha value is -1.50. The molecule has 0 bridgehead atoms. The van der Waals surface area contributed by atoms with E-state index in [4.69, 9.17) is 0 Å². The number of hydrogen-bond acceptors (Lipinski definition) is 1. The lowest BCUT2D eigenvalue weighted by Gasteiger charge is -2.16. The van der Waals surface area contributed by atoms with Gasteiger partial charge in [0.05, 0.1) is 0 Å². The van der Waals surface area contributed by atoms with Crippen molar-refractivity contribution in [3.8, 4) is 0 Å². The normalized spacial score (nSPS) is 9.08. The van der Waals surface area contributed by atoms with Crippen molar-refractivity contribution in [2.75, 3.05) is 4.90 Å². The Balaban J connectivity index is 3.08. The van der Waals surface area contributed by atoms with E-state index in [-0.39, 0.29) is 0 Å². The Labute approximate surface area is 73.6 Å². The SMILES string of the molecule is C=CN(C=C)c1ccccc1C. The molecule has 0 spiro atoms. The van der Waals surface area contributed by atoms with E-state index >= 15 is 0 Å². The van der Waals surface area contributed by atoms with Gasteiger partial charge in [0.25, 0.3) is 0 Å². The molecule has 1 nitrogen and oxygen atoms in total. The van der Waals surface area contributed by atoms with E-state index in [1.807, 2.05) is 23.1 Å². The third-order valence-corrected chi connectivity index (χ3v) is 1.79. The molecule has 1 aromatic carbocycles. The summed E-state index contributed by atoms with van der Waals surface area (Å²) in [6.45, 7) is 9.47. The third-order valence-electron chi connectivity index (χ3n) is 1.79. The van der Waals surface area contributed by atoms with E-state index in [0.717, 1.165) is 5.69 Å². The Bertz CT molecular complexity index is 281. The molecule has 0 heterocycles. The zero-order chi connectivity index (χ0) is 8.97. The van der Waals surface area contributed by atoms with Crippen molar-refractivity contribution in [3.05, 3.63) is 55.4 Å². The monoisotopic (exact) mass is 159 g/mol. The Morgan fingerprint density at radius 2 is 1.75 bits per heavy atom. The first-order valence-corrected chi connectivity index (χ1v) is 3.88. The van der Waals surface area contributed by atoms with E-state index in [2.05, 4.69) is 26.1 Å². The molecule has 0 aliphatic carbocycles. The van der Waals surface area contributed by atoms with Crippen LogP contribution in [0.1, 0.15) is 5.56 Å². The predicted octanol–water partition coefficient (Wildman–Crippen LogP) is 3.09. The lowest BCUT2D eigenvalue weighted by Crippen LogP contribution is -2.06. The van der Waals surface area contributed by atoms with Crippen LogP contribution < -0.4 is 4.90 Å². The first kappa shape index (κ1) is 8.60. The van der Waals surface area contributed by atoms with Crippen molar-refractivity contribution in [1.82, 2.24) is 0 Å². The van der Waals surface area contributed by atoms with E-state index in [1.165, 1.54) is 5.56 Å². The van der Waals surface area contributed by atoms with Gasteiger partial charge in [0.15, 0.2) is 0 Å². The number of rotatable bonds is 3. The number of anilines is 1. The lowest BCUT2D eigenvalue weighted by molar-refractivity contribution is 1.26. The molecular formula is C11H13N. The van der Waals surface area contributed by atoms with Crippen LogP contribution in [0.15, 0.2) is 49.8 Å². The van der Waals surface area contributed by atoms with Gasteiger partial charge in [-0.2, -0.15) is 0 Å². The van der Waals surface area contributed by atoms with Gasteiger partial charge < -0.3 is 4.90 Å². The molecule has 0 aliphatic heterocycles. The van der Waals surface area contributed by atoms with Crippen LogP contribution >= 0.6 is 0 Å². The van der Waals surface area contributed by atoms with Crippen LogP contribution in [0.25, 0.3) is 0 Å². The summed E-state index contributed by atoms with van der Waals surface area (Å²) in [7, 11) is 0. The van der Waals surface area contributed by atoms with Gasteiger partial charge in [-0.25, -0.2) is 0 Å². The van der Waals surface area contributed by atoms with Crippen molar-refractivity contribution in [2.45, 2.75) is 6.92 Å². The molecule has 0 fully saturated rings. The molecule has 1 aromatic rings. The van der Waals surface area contributed by atoms with E-state index < -0.39 is 0 Å². The van der Waals surface area contributed by atoms with Gasteiger partial charge in [0, 0.05) is 18.1 Å². The van der Waals surface area contributed by atoms with Crippen LogP contribution in [0.2, 0.25) is 0 Å². The van der Waals surface area contributed by atoms with E-state index in [1.54, 1.807) is 12.4 Å². The second-order valence-electron chi connectivity index (χ2n) is 2.56. The fourth-order valence-corrected chi connectivity index (χ4v) is 1.12. The number of para-hydroxylation sites is 1. The zero-order valence-corrected chi connectivity index (χ0v) is 7.33. The minimum atomic E-state index is 1.13. The lowest BCUT2D eigenvalue weighted by atomic mass is 10.2. The van der Waals surface area contributed by atoms with E-state index in [0.29, 0.717) is 0 Å². The highest BCUT2D eigenvalue weighted by molar-refractivity contribution is 5.56. The fraction of sp³-hybridized carbons (Fsp3) is 0.0909. The molecule has 0 aromatic heterocycles. The van der Waals surface area contributed by atoms with Gasteiger partial charge in [0.2, 0.25) is 0 Å². The standard InChI is InChI=1S/C11H13N/c1-4-12(5-2)11-9-7-6-8-10(11)3/h4-9H,1-2H2,3H3. The van der Waals surface area contributed by atoms with Gasteiger partial charge in [0.1, 0.15) is 0 Å². The molecule has 0 saturated carbocycles. The fourth-order valence-electron chi connectivity index (χ4n) is 1.12. The molecule has 0 N–H and O–H groups in total. The average molecular weight is 159 g/mol. The minimum Gasteiger partial charge on any atom is -0.325 e. The van der Waals surface area contributed by atoms with Crippen molar-refractivity contribution in [2.24, 2.45) is 0 Å². The first-order valence-electron chi connectivity index (χ1n) is 3.88. The maximum atomic E-state index is 3.70. The summed E-state index contributed by atoms with van der Waals surface area (Å²) in [5.74, 6) is 0. The summed E-state index contributed by atoms with van der Waals surface area (Å²) in [6.07, 6.45) is 3.49. The van der Waals surface area contributed by atoms with Crippen molar-refractivity contribution in [1.29, 1.82) is 0 Å². The molecule has 12 heavy (non-hydrogen) atoms. The summed E-state index contributed by atoms with van der Waals surface area (Å²) in [5, 5.41) is 0. The van der Waals surface area contributed by atoms with E-state index in [9.17, 15) is 0 Å². The molecule has 0 saturated heterocycles. The number of aryl methyl sites for hydroxylation is 1. The quantitative estimate of drug-likeness (QED) is 0.655. The number of hydrogen-bond donors (Lipinski definition) is 0. The predicted molar refractivity (Wildman–Crippen MR) is 54.1 cm³/mol. The van der Waals surface area contributed by atoms with Gasteiger partial charge in [-0.3, -0.25) is 0 Å². The molecule has 0 unspecified atom stereocenters. The Morgan fingerprint density at radius 1 is 1.17 bits per heavy atom. The largest absolute Gasteiger partial charge is 0.325 e. The van der Waals surface area contributed by atoms with Crippen molar-refractivity contribution >= 4 is 5.69 Å². The van der Waals surface area contributed by atoms with Crippen LogP contribution in [0.4, 0.5) is 5.69 Å². The summed E-state index contributed by atoms with van der Waals surface area (Å²) >= 11 is 0. The highest BCUT2D eigenvalue weighted by Gasteiger charge is 1.99. The van der Waals surface area contributed by atoms with Gasteiger partial charge in [-0.15, -0.1) is 0 Å². The summed E-state index contributed by atoms with van der Waals surface area (Å²) < 4.78 is 0. The molecule has 0 amide bonds. The highest BCUT2D eigenvalue weighted by Crippen LogP contribution is 2.19. The molecular weight excluding hydrogens is 146 g/mol. The smallest absolute Gasteiger partial charge is 0.0478 e. The van der Waals surface area contributed by atoms with Crippen molar-refractivity contribution in [3.63, 3.8) is 0 Å². The molecule has 0 radical (unpaired) electrons. The first-order chi connectivity index (χ1) is 5.79. The molecule has 1 heteroatoms. The third kappa shape index (κ3) is 1.56. The van der Waals surface area contributed by atoms with Crippen LogP contribution in [0.3, 0.4) is 0 Å². The maximum Gasteiger partial charge on any atom is 0.0478 e. The zero-order valence-electron chi connectivity index (χ0n) is 7.33. The van der Waals surface area contributed by atoms with Gasteiger partial charge >= 0.3 is 0 Å². The molecule has 0 atom stereocenters. The summed E-state index contributed by atoms with van der Waals surface area (Å²) in [5.41, 5.74) is 2.35. The van der Waals surface area contributed by atoms with Crippen LogP contribution in [-0.2, 0) is 0 Å². The minimum absolute atomic E-state index is 1.13. The molecule has 1 rings (SSSR count). The van der Waals surface area contributed by atoms with Crippen LogP contribution in [0.5, 0.6) is 0 Å².